The lowest BCUT2D eigenvalue weighted by Gasteiger charge is -2.42. The minimum Gasteiger partial charge on any atom is -0.462 e. The molecule has 0 spiro atoms. The summed E-state index contributed by atoms with van der Waals surface area (Å²) >= 11 is 0. The highest BCUT2D eigenvalue weighted by molar-refractivity contribution is 5.90. The third kappa shape index (κ3) is 3.44. The maximum atomic E-state index is 12.0. The molecule has 0 aromatic carbocycles. The van der Waals surface area contributed by atoms with Gasteiger partial charge < -0.3 is 4.74 Å². The number of hydrogen-bond acceptors (Lipinski definition) is 5. The number of likely N-dealkylation sites (N-methyl/N-ethyl adjacent to an activating group) is 1. The van der Waals surface area contributed by atoms with Gasteiger partial charge in [0.05, 0.1) is 18.5 Å². The van der Waals surface area contributed by atoms with Crippen molar-refractivity contribution in [3.05, 3.63) is 17.5 Å². The third-order valence-corrected chi connectivity index (χ3v) is 4.37. The van der Waals surface area contributed by atoms with Crippen molar-refractivity contribution in [1.29, 1.82) is 0 Å². The summed E-state index contributed by atoms with van der Waals surface area (Å²) < 4.78 is 6.89. The molecule has 6 heteroatoms. The fourth-order valence-corrected chi connectivity index (χ4v) is 2.88. The molecule has 118 valence electrons. The number of rotatable bonds is 4. The third-order valence-electron chi connectivity index (χ3n) is 4.37. The van der Waals surface area contributed by atoms with E-state index in [0.29, 0.717) is 24.3 Å². The molecule has 0 N–H and O–H groups in total. The van der Waals surface area contributed by atoms with E-state index in [2.05, 4.69) is 35.8 Å². The summed E-state index contributed by atoms with van der Waals surface area (Å²) in [6, 6.07) is 1.01. The molecule has 1 fully saturated rings. The average molecular weight is 294 g/mol. The van der Waals surface area contributed by atoms with E-state index in [4.69, 9.17) is 4.74 Å². The van der Waals surface area contributed by atoms with Crippen LogP contribution in [0.15, 0.2) is 6.20 Å². The molecular weight excluding hydrogens is 268 g/mol. The maximum Gasteiger partial charge on any atom is 0.341 e. The van der Waals surface area contributed by atoms with Gasteiger partial charge in [-0.05, 0) is 27.8 Å². The molecule has 1 saturated heterocycles. The normalized spacial score (nSPS) is 24.2. The van der Waals surface area contributed by atoms with Gasteiger partial charge in [-0.1, -0.05) is 0 Å². The second-order valence-electron chi connectivity index (χ2n) is 5.91. The van der Waals surface area contributed by atoms with Gasteiger partial charge in [0.15, 0.2) is 0 Å². The van der Waals surface area contributed by atoms with Crippen molar-refractivity contribution >= 4 is 5.97 Å². The smallest absolute Gasteiger partial charge is 0.341 e. The molecule has 1 aliphatic heterocycles. The number of aryl methyl sites for hydroxylation is 1. The molecule has 1 aliphatic rings. The monoisotopic (exact) mass is 294 g/mol. The van der Waals surface area contributed by atoms with Crippen LogP contribution in [0.25, 0.3) is 0 Å². The van der Waals surface area contributed by atoms with Crippen LogP contribution >= 0.6 is 0 Å². The molecule has 0 bridgehead atoms. The highest BCUT2D eigenvalue weighted by atomic mass is 16.5. The fourth-order valence-electron chi connectivity index (χ4n) is 2.88. The molecule has 6 nitrogen and oxygen atoms in total. The Morgan fingerprint density at radius 3 is 2.52 bits per heavy atom. The lowest BCUT2D eigenvalue weighted by atomic mass is 10.1. The van der Waals surface area contributed by atoms with Gasteiger partial charge in [0.25, 0.3) is 0 Å². The minimum absolute atomic E-state index is 0.282. The van der Waals surface area contributed by atoms with Crippen LogP contribution < -0.4 is 0 Å². The van der Waals surface area contributed by atoms with Crippen molar-refractivity contribution in [2.24, 2.45) is 7.05 Å². The molecule has 21 heavy (non-hydrogen) atoms. The number of aromatic nitrogens is 2. The summed E-state index contributed by atoms with van der Waals surface area (Å²) in [6.45, 7) is 9.39. The van der Waals surface area contributed by atoms with Gasteiger partial charge in [0, 0.05) is 38.8 Å². The molecule has 2 heterocycles. The van der Waals surface area contributed by atoms with Crippen molar-refractivity contribution < 1.29 is 9.53 Å². The standard InChI is InChI=1S/C15H26N4O2/c1-6-21-15(20)13-7-16-18(5)14(13)10-19-8-11(2)17(4)12(3)9-19/h7,11-12H,6,8-10H2,1-5H3. The second-order valence-corrected chi connectivity index (χ2v) is 5.91. The summed E-state index contributed by atoms with van der Waals surface area (Å²) in [6.07, 6.45) is 1.61. The quantitative estimate of drug-likeness (QED) is 0.779. The van der Waals surface area contributed by atoms with E-state index < -0.39 is 0 Å². The Kier molecular flexibility index (Phi) is 5.00. The molecule has 2 atom stereocenters. The van der Waals surface area contributed by atoms with Crippen LogP contribution in [0.2, 0.25) is 0 Å². The van der Waals surface area contributed by atoms with E-state index in [1.165, 1.54) is 0 Å². The van der Waals surface area contributed by atoms with Crippen LogP contribution in [0.5, 0.6) is 0 Å². The molecule has 0 amide bonds. The first-order chi connectivity index (χ1) is 9.93. The predicted molar refractivity (Wildman–Crippen MR) is 81.1 cm³/mol. The van der Waals surface area contributed by atoms with E-state index in [1.54, 1.807) is 10.9 Å². The van der Waals surface area contributed by atoms with Crippen molar-refractivity contribution in [3.63, 3.8) is 0 Å². The number of ether oxygens (including phenoxy) is 1. The van der Waals surface area contributed by atoms with Crippen molar-refractivity contribution in [2.45, 2.75) is 39.4 Å². The summed E-state index contributed by atoms with van der Waals surface area (Å²) in [7, 11) is 4.04. The first-order valence-electron chi connectivity index (χ1n) is 7.56. The number of esters is 1. The number of carbonyl (C=O) groups is 1. The van der Waals surface area contributed by atoms with E-state index in [9.17, 15) is 4.79 Å². The van der Waals surface area contributed by atoms with Gasteiger partial charge in [0.1, 0.15) is 5.56 Å². The van der Waals surface area contributed by atoms with Gasteiger partial charge in [-0.2, -0.15) is 5.10 Å². The van der Waals surface area contributed by atoms with Gasteiger partial charge in [-0.15, -0.1) is 0 Å². The second kappa shape index (κ2) is 6.58. The fraction of sp³-hybridized carbons (Fsp3) is 0.733. The van der Waals surface area contributed by atoms with E-state index in [0.717, 1.165) is 25.3 Å². The van der Waals surface area contributed by atoms with Crippen molar-refractivity contribution in [3.8, 4) is 0 Å². The van der Waals surface area contributed by atoms with Crippen LogP contribution in [0.1, 0.15) is 36.8 Å². The summed E-state index contributed by atoms with van der Waals surface area (Å²) in [4.78, 5) is 16.8. The molecule has 1 aromatic heterocycles. The largest absolute Gasteiger partial charge is 0.462 e. The van der Waals surface area contributed by atoms with Gasteiger partial charge in [-0.25, -0.2) is 4.79 Å². The lowest BCUT2D eigenvalue weighted by molar-refractivity contribution is 0.0495. The SMILES string of the molecule is CCOC(=O)c1cnn(C)c1CN1CC(C)N(C)C(C)C1. The lowest BCUT2D eigenvalue weighted by Crippen LogP contribution is -2.54. The molecular formula is C15H26N4O2. The topological polar surface area (TPSA) is 50.6 Å². The van der Waals surface area contributed by atoms with E-state index >= 15 is 0 Å². The Labute approximate surface area is 126 Å². The zero-order valence-electron chi connectivity index (χ0n) is 13.7. The zero-order valence-corrected chi connectivity index (χ0v) is 13.7. The summed E-state index contributed by atoms with van der Waals surface area (Å²) in [5.41, 5.74) is 1.51. The van der Waals surface area contributed by atoms with Crippen LogP contribution in [0.3, 0.4) is 0 Å². The first kappa shape index (κ1) is 16.0. The highest BCUT2D eigenvalue weighted by Crippen LogP contribution is 2.18. The Hall–Kier alpha value is -1.40. The average Bonchev–Trinajstić information content (AvgIpc) is 2.78. The van der Waals surface area contributed by atoms with Gasteiger partial charge in [-0.3, -0.25) is 14.5 Å². The minimum atomic E-state index is -0.282. The number of piperazine rings is 1. The molecule has 0 radical (unpaired) electrons. The Morgan fingerprint density at radius 1 is 1.33 bits per heavy atom. The Morgan fingerprint density at radius 2 is 1.95 bits per heavy atom. The number of nitrogens with zero attached hydrogens (tertiary/aromatic N) is 4. The number of hydrogen-bond donors (Lipinski definition) is 0. The van der Waals surface area contributed by atoms with Crippen LogP contribution in [0, 0.1) is 0 Å². The highest BCUT2D eigenvalue weighted by Gasteiger charge is 2.28. The Balaban J connectivity index is 2.13. The summed E-state index contributed by atoms with van der Waals surface area (Å²) in [5, 5.41) is 4.22. The van der Waals surface area contributed by atoms with Crippen molar-refractivity contribution in [2.75, 3.05) is 26.7 Å². The molecule has 1 aromatic rings. The van der Waals surface area contributed by atoms with Gasteiger partial charge >= 0.3 is 5.97 Å². The molecule has 0 aliphatic carbocycles. The zero-order chi connectivity index (χ0) is 15.6. The first-order valence-corrected chi connectivity index (χ1v) is 7.56. The van der Waals surface area contributed by atoms with Crippen LogP contribution in [-0.4, -0.2) is 64.4 Å². The van der Waals surface area contributed by atoms with Crippen LogP contribution in [-0.2, 0) is 18.3 Å². The van der Waals surface area contributed by atoms with E-state index in [1.807, 2.05) is 14.0 Å². The predicted octanol–water partition coefficient (Wildman–Crippen LogP) is 1.12. The summed E-state index contributed by atoms with van der Waals surface area (Å²) in [5.74, 6) is -0.282. The van der Waals surface area contributed by atoms with Crippen molar-refractivity contribution in [1.82, 2.24) is 19.6 Å². The maximum absolute atomic E-state index is 12.0. The number of carbonyl (C=O) groups excluding carboxylic acids is 1. The van der Waals surface area contributed by atoms with Crippen LogP contribution in [0.4, 0.5) is 0 Å². The van der Waals surface area contributed by atoms with E-state index in [-0.39, 0.29) is 5.97 Å². The molecule has 2 rings (SSSR count). The molecule has 2 unspecified atom stereocenters. The van der Waals surface area contributed by atoms with Gasteiger partial charge in [0.2, 0.25) is 0 Å². The molecule has 0 saturated carbocycles. The Bertz CT molecular complexity index is 488.